The fraction of sp³-hybridized carbons (Fsp3) is 0.440. The van der Waals surface area contributed by atoms with Gasteiger partial charge in [0.05, 0.1) is 12.3 Å². The van der Waals surface area contributed by atoms with E-state index in [1.54, 1.807) is 12.3 Å². The highest BCUT2D eigenvalue weighted by Crippen LogP contribution is 2.49. The maximum absolute atomic E-state index is 13.5. The second-order valence-corrected chi connectivity index (χ2v) is 8.48. The van der Waals surface area contributed by atoms with E-state index in [-0.39, 0.29) is 30.2 Å². The second kappa shape index (κ2) is 9.52. The van der Waals surface area contributed by atoms with Crippen molar-refractivity contribution >= 4 is 12.0 Å². The summed E-state index contributed by atoms with van der Waals surface area (Å²) < 4.78 is 13.5. The van der Waals surface area contributed by atoms with Crippen molar-refractivity contribution in [1.82, 2.24) is 10.3 Å². The minimum Gasteiger partial charge on any atom is -0.395 e. The molecule has 2 N–H and O–H groups in total. The molecule has 158 valence electrons. The third-order valence-electron chi connectivity index (χ3n) is 6.66. The Hall–Kier alpha value is -2.53. The highest BCUT2D eigenvalue weighted by Gasteiger charge is 2.45. The van der Waals surface area contributed by atoms with Gasteiger partial charge in [-0.05, 0) is 60.4 Å². The first-order chi connectivity index (χ1) is 14.7. The van der Waals surface area contributed by atoms with E-state index in [0.29, 0.717) is 18.4 Å². The molecule has 0 unspecified atom stereocenters. The first-order valence-corrected chi connectivity index (χ1v) is 10.9. The van der Waals surface area contributed by atoms with Crippen LogP contribution in [-0.4, -0.2) is 29.1 Å². The first kappa shape index (κ1) is 20.7. The summed E-state index contributed by atoms with van der Waals surface area (Å²) in [5, 5.41) is 11.9. The Labute approximate surface area is 177 Å². The van der Waals surface area contributed by atoms with Crippen LogP contribution in [0.15, 0.2) is 48.7 Å². The lowest BCUT2D eigenvalue weighted by molar-refractivity contribution is -0.125. The maximum atomic E-state index is 13.5. The number of nitrogens with zero attached hydrogens (tertiary/aromatic N) is 1. The smallest absolute Gasteiger partial charge is 0.223 e. The summed E-state index contributed by atoms with van der Waals surface area (Å²) in [6.07, 6.45) is 11.8. The molecular formula is C25H29FN2O2. The third kappa shape index (κ3) is 4.62. The van der Waals surface area contributed by atoms with Crippen molar-refractivity contribution in [3.8, 4) is 11.1 Å². The molecule has 0 spiro atoms. The van der Waals surface area contributed by atoms with Crippen molar-refractivity contribution in [3.05, 3.63) is 60.2 Å². The molecule has 4 rings (SSSR count). The molecule has 1 heterocycles. The predicted octanol–water partition coefficient (Wildman–Crippen LogP) is 4.45. The summed E-state index contributed by atoms with van der Waals surface area (Å²) in [6.45, 7) is 0.275. The number of fused-ring (bicyclic) bond motifs is 1. The monoisotopic (exact) mass is 408 g/mol. The van der Waals surface area contributed by atoms with Gasteiger partial charge in [0.2, 0.25) is 5.91 Å². The molecule has 0 saturated heterocycles. The number of halogens is 1. The zero-order valence-corrected chi connectivity index (χ0v) is 17.1. The Morgan fingerprint density at radius 2 is 2.07 bits per heavy atom. The van der Waals surface area contributed by atoms with Gasteiger partial charge in [-0.25, -0.2) is 4.39 Å². The second-order valence-electron chi connectivity index (χ2n) is 8.48. The molecule has 4 atom stereocenters. The minimum absolute atomic E-state index is 0.0343. The molecule has 2 aliphatic carbocycles. The maximum Gasteiger partial charge on any atom is 0.223 e. The van der Waals surface area contributed by atoms with Crippen molar-refractivity contribution in [3.63, 3.8) is 0 Å². The summed E-state index contributed by atoms with van der Waals surface area (Å²) in [6, 6.07) is 10.4. The van der Waals surface area contributed by atoms with Gasteiger partial charge in [0.25, 0.3) is 0 Å². The quantitative estimate of drug-likeness (QED) is 0.742. The van der Waals surface area contributed by atoms with Crippen molar-refractivity contribution < 1.29 is 14.3 Å². The van der Waals surface area contributed by atoms with Gasteiger partial charge in [0.1, 0.15) is 5.82 Å². The Bertz CT molecular complexity index is 896. The zero-order chi connectivity index (χ0) is 20.9. The summed E-state index contributed by atoms with van der Waals surface area (Å²) in [5.74, 6) is 1.13. The Balaban J connectivity index is 1.50. The topological polar surface area (TPSA) is 62.2 Å². The van der Waals surface area contributed by atoms with Crippen LogP contribution in [0.4, 0.5) is 4.39 Å². The molecule has 2 fully saturated rings. The summed E-state index contributed by atoms with van der Waals surface area (Å²) in [5.41, 5.74) is 2.52. The van der Waals surface area contributed by atoms with Crippen LogP contribution in [0, 0.1) is 29.5 Å². The average molecular weight is 409 g/mol. The number of hydrogen-bond acceptors (Lipinski definition) is 3. The van der Waals surface area contributed by atoms with Gasteiger partial charge < -0.3 is 10.4 Å². The number of rotatable bonds is 6. The van der Waals surface area contributed by atoms with Crippen molar-refractivity contribution in [2.75, 3.05) is 13.2 Å². The molecule has 2 aromatic rings. The molecule has 4 nitrogen and oxygen atoms in total. The fourth-order valence-electron chi connectivity index (χ4n) is 5.24. The number of nitrogens with one attached hydrogen (secondary N) is 1. The molecule has 2 saturated carbocycles. The Morgan fingerprint density at radius 1 is 1.20 bits per heavy atom. The number of amides is 1. The number of aliphatic hydroxyl groups excluding tert-OH is 1. The molecule has 30 heavy (non-hydrogen) atoms. The normalized spacial score (nSPS) is 25.9. The van der Waals surface area contributed by atoms with Crippen LogP contribution in [0.2, 0.25) is 0 Å². The first-order valence-electron chi connectivity index (χ1n) is 10.9. The molecule has 0 radical (unpaired) electrons. The van der Waals surface area contributed by atoms with E-state index >= 15 is 0 Å². The zero-order valence-electron chi connectivity index (χ0n) is 17.1. The number of carbonyl (C=O) groups excluding carboxylic acids is 1. The van der Waals surface area contributed by atoms with E-state index in [1.165, 1.54) is 37.8 Å². The van der Waals surface area contributed by atoms with Gasteiger partial charge in [-0.15, -0.1) is 0 Å². The number of pyridine rings is 1. The lowest BCUT2D eigenvalue weighted by Gasteiger charge is -2.28. The van der Waals surface area contributed by atoms with Crippen LogP contribution in [0.25, 0.3) is 17.2 Å². The molecular weight excluding hydrogens is 379 g/mol. The number of allylic oxidation sites excluding steroid dienone is 1. The standard InChI is InChI=1S/C25H29FN2O2/c26-20-6-3-5-17(14-20)19-8-9-21(28-16-19)10-11-23-22-7-2-1-4-18(22)15-24(23)25(30)27-12-13-29/h3,5-6,8-11,14,16,18,22-24,29H,1-2,4,7,12-13,15H2,(H,27,30)/b11-10+/t18-,22-,23+,24+/m1/s1. The predicted molar refractivity (Wildman–Crippen MR) is 116 cm³/mol. The largest absolute Gasteiger partial charge is 0.395 e. The van der Waals surface area contributed by atoms with Crippen LogP contribution >= 0.6 is 0 Å². The van der Waals surface area contributed by atoms with E-state index in [0.717, 1.165) is 23.2 Å². The van der Waals surface area contributed by atoms with Crippen molar-refractivity contribution in [2.24, 2.45) is 23.7 Å². The molecule has 5 heteroatoms. The molecule has 0 aliphatic heterocycles. The lowest BCUT2D eigenvalue weighted by Crippen LogP contribution is -2.35. The number of aliphatic hydroxyl groups is 1. The van der Waals surface area contributed by atoms with Crippen LogP contribution in [0.1, 0.15) is 37.8 Å². The van der Waals surface area contributed by atoms with Gasteiger partial charge >= 0.3 is 0 Å². The number of hydrogen-bond donors (Lipinski definition) is 2. The van der Waals surface area contributed by atoms with E-state index in [2.05, 4.69) is 16.4 Å². The molecule has 1 amide bonds. The van der Waals surface area contributed by atoms with E-state index in [9.17, 15) is 9.18 Å². The highest BCUT2D eigenvalue weighted by atomic mass is 19.1. The number of benzene rings is 1. The highest BCUT2D eigenvalue weighted by molar-refractivity contribution is 5.80. The van der Waals surface area contributed by atoms with E-state index < -0.39 is 0 Å². The SMILES string of the molecule is O=C(NCCO)[C@H]1C[C@H]2CCCC[C@H]2[C@@H]1/C=C/c1ccc(-c2cccc(F)c2)cn1. The van der Waals surface area contributed by atoms with Gasteiger partial charge in [-0.3, -0.25) is 9.78 Å². The number of aromatic nitrogens is 1. The average Bonchev–Trinajstić information content (AvgIpc) is 3.15. The van der Waals surface area contributed by atoms with Gasteiger partial charge in [-0.1, -0.05) is 43.5 Å². The van der Waals surface area contributed by atoms with Crippen LogP contribution in [-0.2, 0) is 4.79 Å². The number of carbonyl (C=O) groups is 1. The Morgan fingerprint density at radius 3 is 2.83 bits per heavy atom. The fourth-order valence-corrected chi connectivity index (χ4v) is 5.24. The van der Waals surface area contributed by atoms with Crippen molar-refractivity contribution in [1.29, 1.82) is 0 Å². The minimum atomic E-state index is -0.259. The van der Waals surface area contributed by atoms with Crippen LogP contribution in [0.3, 0.4) is 0 Å². The van der Waals surface area contributed by atoms with Crippen molar-refractivity contribution in [2.45, 2.75) is 32.1 Å². The van der Waals surface area contributed by atoms with Crippen LogP contribution in [0.5, 0.6) is 0 Å². The Kier molecular flexibility index (Phi) is 6.58. The lowest BCUT2D eigenvalue weighted by atomic mass is 9.77. The molecule has 0 bridgehead atoms. The summed E-state index contributed by atoms with van der Waals surface area (Å²) >= 11 is 0. The van der Waals surface area contributed by atoms with Gasteiger partial charge in [-0.2, -0.15) is 0 Å². The molecule has 1 aromatic carbocycles. The van der Waals surface area contributed by atoms with Gasteiger partial charge in [0.15, 0.2) is 0 Å². The summed E-state index contributed by atoms with van der Waals surface area (Å²) in [4.78, 5) is 17.2. The molecule has 2 aliphatic rings. The third-order valence-corrected chi connectivity index (χ3v) is 6.66. The van der Waals surface area contributed by atoms with Crippen LogP contribution < -0.4 is 5.32 Å². The summed E-state index contributed by atoms with van der Waals surface area (Å²) in [7, 11) is 0. The van der Waals surface area contributed by atoms with E-state index in [4.69, 9.17) is 5.11 Å². The van der Waals surface area contributed by atoms with E-state index in [1.807, 2.05) is 24.3 Å². The molecule has 1 aromatic heterocycles. The van der Waals surface area contributed by atoms with Gasteiger partial charge in [0, 0.05) is 24.2 Å².